The van der Waals surface area contributed by atoms with Gasteiger partial charge in [-0.1, -0.05) is 18.2 Å². The molecule has 0 fully saturated rings. The quantitative estimate of drug-likeness (QED) is 0.676. The number of aromatic carboxylic acids is 1. The molecule has 21 heavy (non-hydrogen) atoms. The Balaban J connectivity index is 1.78. The second kappa shape index (κ2) is 7.14. The number of hydrogen-bond acceptors (Lipinski definition) is 5. The minimum absolute atomic E-state index is 0.0350. The number of hydrogen-bond donors (Lipinski definition) is 3. The first-order valence-electron chi connectivity index (χ1n) is 6.58. The predicted molar refractivity (Wildman–Crippen MR) is 80.7 cm³/mol. The molecule has 0 aliphatic carbocycles. The van der Waals surface area contributed by atoms with E-state index in [4.69, 9.17) is 15.6 Å². The van der Waals surface area contributed by atoms with Crippen LogP contribution in [0.4, 0.5) is 11.5 Å². The molecule has 1 heterocycles. The van der Waals surface area contributed by atoms with E-state index < -0.39 is 5.97 Å². The number of nitrogens with one attached hydrogen (secondary N) is 1. The van der Waals surface area contributed by atoms with E-state index >= 15 is 0 Å². The van der Waals surface area contributed by atoms with Crippen molar-refractivity contribution in [2.24, 2.45) is 0 Å². The van der Waals surface area contributed by atoms with Crippen LogP contribution in [0.3, 0.4) is 0 Å². The van der Waals surface area contributed by atoms with E-state index in [1.807, 2.05) is 30.3 Å². The fraction of sp³-hybridized carbons (Fsp3) is 0.200. The number of nitrogens with two attached hydrogens (primary N) is 1. The summed E-state index contributed by atoms with van der Waals surface area (Å²) in [5.41, 5.74) is 6.13. The van der Waals surface area contributed by atoms with E-state index in [0.29, 0.717) is 24.7 Å². The Morgan fingerprint density at radius 1 is 1.24 bits per heavy atom. The van der Waals surface area contributed by atoms with Gasteiger partial charge in [-0.3, -0.25) is 0 Å². The van der Waals surface area contributed by atoms with Crippen molar-refractivity contribution in [1.29, 1.82) is 0 Å². The molecule has 0 unspecified atom stereocenters. The third-order valence-electron chi connectivity index (χ3n) is 2.77. The van der Waals surface area contributed by atoms with Gasteiger partial charge in [0.15, 0.2) is 5.69 Å². The van der Waals surface area contributed by atoms with Crippen molar-refractivity contribution in [3.05, 3.63) is 48.2 Å². The van der Waals surface area contributed by atoms with E-state index in [-0.39, 0.29) is 5.69 Å². The van der Waals surface area contributed by atoms with Crippen LogP contribution in [0.2, 0.25) is 0 Å². The van der Waals surface area contributed by atoms with Crippen LogP contribution in [0.1, 0.15) is 16.9 Å². The second-order valence-electron chi connectivity index (χ2n) is 4.38. The number of ether oxygens (including phenoxy) is 1. The van der Waals surface area contributed by atoms with Crippen molar-refractivity contribution in [3.8, 4) is 5.75 Å². The van der Waals surface area contributed by atoms with Crippen LogP contribution in [0.5, 0.6) is 5.75 Å². The van der Waals surface area contributed by atoms with Crippen LogP contribution >= 0.6 is 0 Å². The highest BCUT2D eigenvalue weighted by atomic mass is 16.5. The fourth-order valence-corrected chi connectivity index (χ4v) is 1.72. The molecule has 0 amide bonds. The molecule has 2 aromatic rings. The molecule has 0 saturated heterocycles. The highest BCUT2D eigenvalue weighted by Crippen LogP contribution is 2.15. The molecule has 110 valence electrons. The van der Waals surface area contributed by atoms with E-state index in [0.717, 1.165) is 12.2 Å². The zero-order valence-electron chi connectivity index (χ0n) is 11.5. The van der Waals surface area contributed by atoms with Crippen molar-refractivity contribution in [2.45, 2.75) is 6.42 Å². The van der Waals surface area contributed by atoms with Crippen molar-refractivity contribution in [3.63, 3.8) is 0 Å². The number of benzene rings is 1. The summed E-state index contributed by atoms with van der Waals surface area (Å²) in [6.07, 6.45) is 0.743. The first kappa shape index (κ1) is 14.6. The average molecular weight is 287 g/mol. The van der Waals surface area contributed by atoms with Crippen molar-refractivity contribution in [1.82, 2.24) is 4.98 Å². The number of nitrogens with zero attached hydrogens (tertiary/aromatic N) is 1. The lowest BCUT2D eigenvalue weighted by molar-refractivity contribution is 0.0690. The number of carbonyl (C=O) groups is 1. The molecule has 4 N–H and O–H groups in total. The van der Waals surface area contributed by atoms with E-state index in [9.17, 15) is 4.79 Å². The lowest BCUT2D eigenvalue weighted by Crippen LogP contribution is -2.11. The third kappa shape index (κ3) is 4.38. The second-order valence-corrected chi connectivity index (χ2v) is 4.38. The van der Waals surface area contributed by atoms with E-state index in [1.165, 1.54) is 12.1 Å². The van der Waals surface area contributed by atoms with Crippen LogP contribution in [0.15, 0.2) is 42.5 Å². The zero-order chi connectivity index (χ0) is 15.1. The number of nitrogen functional groups attached to an aromatic ring is 1. The summed E-state index contributed by atoms with van der Waals surface area (Å²) in [4.78, 5) is 14.8. The Labute approximate surface area is 122 Å². The highest BCUT2D eigenvalue weighted by Gasteiger charge is 2.08. The number of pyridine rings is 1. The molecule has 6 heteroatoms. The summed E-state index contributed by atoms with van der Waals surface area (Å²) in [5.74, 6) is 0.128. The van der Waals surface area contributed by atoms with E-state index in [2.05, 4.69) is 10.3 Å². The van der Waals surface area contributed by atoms with Gasteiger partial charge in [0, 0.05) is 6.54 Å². The number of aromatic nitrogens is 1. The molecular weight excluding hydrogens is 270 g/mol. The molecule has 0 radical (unpaired) electrons. The topological polar surface area (TPSA) is 97.5 Å². The number of carboxylic acid groups (broad SMARTS) is 1. The smallest absolute Gasteiger partial charge is 0.354 e. The van der Waals surface area contributed by atoms with Gasteiger partial charge < -0.3 is 20.9 Å². The van der Waals surface area contributed by atoms with Crippen molar-refractivity contribution < 1.29 is 14.6 Å². The van der Waals surface area contributed by atoms with Gasteiger partial charge >= 0.3 is 5.97 Å². The maximum Gasteiger partial charge on any atom is 0.354 e. The monoisotopic (exact) mass is 287 g/mol. The molecule has 0 aliphatic heterocycles. The van der Waals surface area contributed by atoms with Crippen LogP contribution in [-0.2, 0) is 0 Å². The Hall–Kier alpha value is -2.76. The summed E-state index contributed by atoms with van der Waals surface area (Å²) in [6.45, 7) is 1.14. The Kier molecular flexibility index (Phi) is 4.98. The largest absolute Gasteiger partial charge is 0.494 e. The predicted octanol–water partition coefficient (Wildman–Crippen LogP) is 2.24. The summed E-state index contributed by atoms with van der Waals surface area (Å²) in [6, 6.07) is 12.4. The minimum atomic E-state index is -1.08. The third-order valence-corrected chi connectivity index (χ3v) is 2.77. The fourth-order valence-electron chi connectivity index (χ4n) is 1.72. The molecule has 0 atom stereocenters. The summed E-state index contributed by atoms with van der Waals surface area (Å²) >= 11 is 0. The standard InChI is InChI=1S/C15H17N3O3/c16-12-7-8-13(15(19)20)18-14(12)17-9-4-10-21-11-5-2-1-3-6-11/h1-3,5-8H,4,9-10,16H2,(H,17,18)(H,19,20). The average Bonchev–Trinajstić information content (AvgIpc) is 2.49. The van der Waals surface area contributed by atoms with Gasteiger partial charge in [-0.05, 0) is 30.7 Å². The maximum atomic E-state index is 10.8. The highest BCUT2D eigenvalue weighted by molar-refractivity contribution is 5.86. The number of rotatable bonds is 7. The van der Waals surface area contributed by atoms with Gasteiger partial charge in [0.1, 0.15) is 11.6 Å². The molecule has 0 spiro atoms. The Morgan fingerprint density at radius 2 is 2.00 bits per heavy atom. The normalized spacial score (nSPS) is 10.1. The molecule has 1 aromatic heterocycles. The molecule has 2 rings (SSSR count). The number of carboxylic acids is 1. The molecular formula is C15H17N3O3. The van der Waals surface area contributed by atoms with Gasteiger partial charge in [-0.2, -0.15) is 0 Å². The minimum Gasteiger partial charge on any atom is -0.494 e. The van der Waals surface area contributed by atoms with Gasteiger partial charge in [0.2, 0.25) is 0 Å². The summed E-state index contributed by atoms with van der Waals surface area (Å²) < 4.78 is 5.55. The van der Waals surface area contributed by atoms with Crippen molar-refractivity contribution in [2.75, 3.05) is 24.2 Å². The zero-order valence-corrected chi connectivity index (χ0v) is 11.5. The first-order valence-corrected chi connectivity index (χ1v) is 6.58. The number of anilines is 2. The molecule has 1 aromatic carbocycles. The lowest BCUT2D eigenvalue weighted by atomic mass is 10.3. The SMILES string of the molecule is Nc1ccc(C(=O)O)nc1NCCCOc1ccccc1. The van der Waals surface area contributed by atoms with Crippen LogP contribution < -0.4 is 15.8 Å². The summed E-state index contributed by atoms with van der Waals surface area (Å²) in [5, 5.41) is 11.9. The van der Waals surface area contributed by atoms with E-state index in [1.54, 1.807) is 0 Å². The first-order chi connectivity index (χ1) is 10.2. The molecule has 0 saturated carbocycles. The molecule has 0 aliphatic rings. The Morgan fingerprint density at radius 3 is 2.71 bits per heavy atom. The maximum absolute atomic E-state index is 10.8. The van der Waals surface area contributed by atoms with Gasteiger partial charge in [0.25, 0.3) is 0 Å². The van der Waals surface area contributed by atoms with Crippen LogP contribution in [-0.4, -0.2) is 29.2 Å². The summed E-state index contributed by atoms with van der Waals surface area (Å²) in [7, 11) is 0. The number of para-hydroxylation sites is 1. The van der Waals surface area contributed by atoms with Crippen LogP contribution in [0, 0.1) is 0 Å². The molecule has 0 bridgehead atoms. The van der Waals surface area contributed by atoms with Gasteiger partial charge in [0.05, 0.1) is 12.3 Å². The molecule has 6 nitrogen and oxygen atoms in total. The van der Waals surface area contributed by atoms with Gasteiger partial charge in [-0.25, -0.2) is 9.78 Å². The lowest BCUT2D eigenvalue weighted by Gasteiger charge is -2.09. The van der Waals surface area contributed by atoms with Crippen molar-refractivity contribution >= 4 is 17.5 Å². The van der Waals surface area contributed by atoms with Crippen LogP contribution in [0.25, 0.3) is 0 Å². The van der Waals surface area contributed by atoms with Gasteiger partial charge in [-0.15, -0.1) is 0 Å². The Bertz CT molecular complexity index is 602.